The predicted octanol–water partition coefficient (Wildman–Crippen LogP) is 3.80. The van der Waals surface area contributed by atoms with Gasteiger partial charge in [-0.3, -0.25) is 4.79 Å². The van der Waals surface area contributed by atoms with E-state index in [1.807, 2.05) is 54.6 Å². The Bertz CT molecular complexity index is 1420. The molecule has 0 aliphatic heterocycles. The highest BCUT2D eigenvalue weighted by molar-refractivity contribution is 5.89. The van der Waals surface area contributed by atoms with Crippen molar-refractivity contribution in [1.29, 1.82) is 0 Å². The van der Waals surface area contributed by atoms with Gasteiger partial charge in [-0.15, -0.1) is 0 Å². The number of hydrogen-bond donors (Lipinski definition) is 0. The first-order chi connectivity index (χ1) is 14.3. The van der Waals surface area contributed by atoms with Crippen molar-refractivity contribution in [3.63, 3.8) is 0 Å². The topological polar surface area (TPSA) is 70.0 Å². The molecular formula is C23H15N3O3. The number of rotatable bonds is 3. The quantitative estimate of drug-likeness (QED) is 0.477. The van der Waals surface area contributed by atoms with Gasteiger partial charge in [0.15, 0.2) is 0 Å². The van der Waals surface area contributed by atoms with E-state index < -0.39 is 11.2 Å². The number of aromatic nitrogens is 3. The van der Waals surface area contributed by atoms with E-state index in [0.29, 0.717) is 17.1 Å². The summed E-state index contributed by atoms with van der Waals surface area (Å²) >= 11 is 0. The standard InChI is InChI=1S/C23H15N3O3/c27-21-19-20(16-10-4-1-5-11-16)24-29-22(19)26(18-14-8-3-9-15-18)23(28)25(21)17-12-6-2-7-13-17/h1-15H. The van der Waals surface area contributed by atoms with Crippen molar-refractivity contribution in [2.75, 3.05) is 0 Å². The molecule has 2 heterocycles. The van der Waals surface area contributed by atoms with Gasteiger partial charge in [-0.2, -0.15) is 0 Å². The summed E-state index contributed by atoms with van der Waals surface area (Å²) in [6.07, 6.45) is 0. The zero-order chi connectivity index (χ0) is 19.8. The molecule has 0 amide bonds. The van der Waals surface area contributed by atoms with E-state index in [1.54, 1.807) is 36.4 Å². The molecule has 0 saturated heterocycles. The summed E-state index contributed by atoms with van der Waals surface area (Å²) in [7, 11) is 0. The van der Waals surface area contributed by atoms with Gasteiger partial charge in [0, 0.05) is 5.56 Å². The van der Waals surface area contributed by atoms with Gasteiger partial charge in [0.1, 0.15) is 11.1 Å². The van der Waals surface area contributed by atoms with Crippen LogP contribution in [0.5, 0.6) is 0 Å². The minimum absolute atomic E-state index is 0.122. The second-order valence-electron chi connectivity index (χ2n) is 6.51. The van der Waals surface area contributed by atoms with Gasteiger partial charge in [0.25, 0.3) is 11.3 Å². The normalized spacial score (nSPS) is 11.0. The Hall–Kier alpha value is -4.19. The lowest BCUT2D eigenvalue weighted by Crippen LogP contribution is -2.38. The van der Waals surface area contributed by atoms with E-state index in [0.717, 1.165) is 10.1 Å². The highest BCUT2D eigenvalue weighted by Crippen LogP contribution is 2.26. The van der Waals surface area contributed by atoms with Crippen molar-refractivity contribution < 1.29 is 4.52 Å². The zero-order valence-electron chi connectivity index (χ0n) is 15.2. The maximum absolute atomic E-state index is 13.4. The minimum atomic E-state index is -0.518. The van der Waals surface area contributed by atoms with Gasteiger partial charge in [-0.25, -0.2) is 13.9 Å². The van der Waals surface area contributed by atoms with Crippen LogP contribution in [0.1, 0.15) is 0 Å². The van der Waals surface area contributed by atoms with Crippen LogP contribution in [0.3, 0.4) is 0 Å². The summed E-state index contributed by atoms with van der Waals surface area (Å²) < 4.78 is 8.07. The molecule has 0 radical (unpaired) electrons. The maximum Gasteiger partial charge on any atom is 0.343 e. The van der Waals surface area contributed by atoms with Gasteiger partial charge >= 0.3 is 5.69 Å². The number of fused-ring (bicyclic) bond motifs is 1. The van der Waals surface area contributed by atoms with E-state index in [9.17, 15) is 9.59 Å². The van der Waals surface area contributed by atoms with Crippen molar-refractivity contribution in [3.05, 3.63) is 112 Å². The second-order valence-corrected chi connectivity index (χ2v) is 6.51. The molecule has 0 atom stereocenters. The van der Waals surface area contributed by atoms with E-state index in [-0.39, 0.29) is 11.1 Å². The van der Waals surface area contributed by atoms with E-state index >= 15 is 0 Å². The molecule has 5 rings (SSSR count). The average molecular weight is 381 g/mol. The summed E-state index contributed by atoms with van der Waals surface area (Å²) in [6.45, 7) is 0. The van der Waals surface area contributed by atoms with Crippen LogP contribution in [0, 0.1) is 0 Å². The molecule has 0 saturated carbocycles. The average Bonchev–Trinajstić information content (AvgIpc) is 3.21. The molecule has 0 N–H and O–H groups in total. The van der Waals surface area contributed by atoms with Crippen molar-refractivity contribution in [2.24, 2.45) is 0 Å². The Labute approximate surface area is 164 Å². The van der Waals surface area contributed by atoms with Crippen LogP contribution in [0.25, 0.3) is 33.7 Å². The van der Waals surface area contributed by atoms with Crippen LogP contribution in [0.2, 0.25) is 0 Å². The Morgan fingerprint density at radius 2 is 1.17 bits per heavy atom. The Morgan fingerprint density at radius 1 is 0.655 bits per heavy atom. The van der Waals surface area contributed by atoms with Gasteiger partial charge in [0.2, 0.25) is 0 Å². The van der Waals surface area contributed by atoms with Crippen molar-refractivity contribution in [2.45, 2.75) is 0 Å². The largest absolute Gasteiger partial charge is 0.343 e. The summed E-state index contributed by atoms with van der Waals surface area (Å²) in [4.78, 5) is 26.8. The molecule has 3 aromatic carbocycles. The summed E-state index contributed by atoms with van der Waals surface area (Å²) in [5.41, 5.74) is 1.34. The number of benzene rings is 3. The van der Waals surface area contributed by atoms with Gasteiger partial charge in [-0.1, -0.05) is 71.9 Å². The van der Waals surface area contributed by atoms with Crippen LogP contribution < -0.4 is 11.2 Å². The Balaban J connectivity index is 1.96. The molecule has 0 bridgehead atoms. The lowest BCUT2D eigenvalue weighted by atomic mass is 10.1. The van der Waals surface area contributed by atoms with Crippen molar-refractivity contribution in [3.8, 4) is 22.6 Å². The first kappa shape index (κ1) is 16.9. The molecule has 140 valence electrons. The molecule has 0 aliphatic rings. The first-order valence-electron chi connectivity index (χ1n) is 9.09. The molecule has 0 unspecified atom stereocenters. The number of hydrogen-bond acceptors (Lipinski definition) is 4. The monoisotopic (exact) mass is 381 g/mol. The fourth-order valence-corrected chi connectivity index (χ4v) is 3.41. The van der Waals surface area contributed by atoms with Gasteiger partial charge < -0.3 is 4.52 Å². The fraction of sp³-hybridized carbons (Fsp3) is 0. The zero-order valence-corrected chi connectivity index (χ0v) is 15.2. The number of nitrogens with zero attached hydrogens (tertiary/aromatic N) is 3. The first-order valence-corrected chi connectivity index (χ1v) is 9.09. The second kappa shape index (κ2) is 6.76. The molecular weight excluding hydrogens is 366 g/mol. The number of para-hydroxylation sites is 2. The van der Waals surface area contributed by atoms with Gasteiger partial charge in [-0.05, 0) is 24.3 Å². The third-order valence-corrected chi connectivity index (χ3v) is 4.75. The molecule has 0 aliphatic carbocycles. The lowest BCUT2D eigenvalue weighted by molar-refractivity contribution is 0.443. The maximum atomic E-state index is 13.4. The van der Waals surface area contributed by atoms with E-state index in [1.165, 1.54) is 4.57 Å². The summed E-state index contributed by atoms with van der Waals surface area (Å²) in [5.74, 6) is 0. The van der Waals surface area contributed by atoms with E-state index in [2.05, 4.69) is 5.16 Å². The highest BCUT2D eigenvalue weighted by Gasteiger charge is 2.23. The van der Waals surface area contributed by atoms with Crippen LogP contribution in [0.4, 0.5) is 0 Å². The highest BCUT2D eigenvalue weighted by atomic mass is 16.5. The molecule has 0 fully saturated rings. The van der Waals surface area contributed by atoms with Crippen LogP contribution in [-0.4, -0.2) is 14.3 Å². The SMILES string of the molecule is O=c1c2c(-c3ccccc3)noc2n(-c2ccccc2)c(=O)n1-c1ccccc1. The summed E-state index contributed by atoms with van der Waals surface area (Å²) in [5, 5.41) is 4.39. The van der Waals surface area contributed by atoms with Gasteiger partial charge in [0.05, 0.1) is 11.4 Å². The van der Waals surface area contributed by atoms with Crippen LogP contribution in [-0.2, 0) is 0 Å². The Morgan fingerprint density at radius 3 is 1.76 bits per heavy atom. The third kappa shape index (κ3) is 2.70. The smallest absolute Gasteiger partial charge is 0.336 e. The fourth-order valence-electron chi connectivity index (χ4n) is 3.41. The molecule has 5 aromatic rings. The lowest BCUT2D eigenvalue weighted by Gasteiger charge is -2.11. The van der Waals surface area contributed by atoms with Crippen molar-refractivity contribution in [1.82, 2.24) is 14.3 Å². The molecule has 2 aromatic heterocycles. The Kier molecular flexibility index (Phi) is 3.95. The predicted molar refractivity (Wildman–Crippen MR) is 111 cm³/mol. The van der Waals surface area contributed by atoms with E-state index in [4.69, 9.17) is 4.52 Å². The van der Waals surface area contributed by atoms with Crippen molar-refractivity contribution >= 4 is 11.1 Å². The summed E-state index contributed by atoms with van der Waals surface area (Å²) in [6, 6.07) is 27.2. The van der Waals surface area contributed by atoms with Crippen LogP contribution in [0.15, 0.2) is 105 Å². The molecule has 29 heavy (non-hydrogen) atoms. The third-order valence-electron chi connectivity index (χ3n) is 4.75. The molecule has 6 nitrogen and oxygen atoms in total. The van der Waals surface area contributed by atoms with Crippen LogP contribution >= 0.6 is 0 Å². The minimum Gasteiger partial charge on any atom is -0.336 e. The molecule has 6 heteroatoms. The molecule has 0 spiro atoms.